The summed E-state index contributed by atoms with van der Waals surface area (Å²) in [7, 11) is 1.61. The fourth-order valence-corrected chi connectivity index (χ4v) is 6.87. The number of methoxy groups -OCH3 is 1. The number of thiazole rings is 1. The minimum Gasteiger partial charge on any atom is -0.496 e. The number of carbonyl (C=O) groups is 1. The fraction of sp³-hybridized carbons (Fsp3) is 0.182. The van der Waals surface area contributed by atoms with Gasteiger partial charge in [-0.3, -0.25) is 14.2 Å². The van der Waals surface area contributed by atoms with Crippen molar-refractivity contribution in [3.05, 3.63) is 126 Å². The molecule has 0 saturated heterocycles. The van der Waals surface area contributed by atoms with E-state index in [9.17, 15) is 9.59 Å². The van der Waals surface area contributed by atoms with Crippen LogP contribution in [0.15, 0.2) is 93.9 Å². The molecule has 6 rings (SSSR count). The molecule has 6 nitrogen and oxygen atoms in total. The normalized spacial score (nSPS) is 15.3. The molecule has 0 fully saturated rings. The number of ketones is 1. The van der Waals surface area contributed by atoms with Crippen LogP contribution in [0.3, 0.4) is 0 Å². The van der Waals surface area contributed by atoms with Crippen LogP contribution in [-0.2, 0) is 4.79 Å². The minimum absolute atomic E-state index is 0.123. The van der Waals surface area contributed by atoms with Gasteiger partial charge in [-0.05, 0) is 74.4 Å². The van der Waals surface area contributed by atoms with E-state index in [1.807, 2.05) is 67.6 Å². The third-order valence-corrected chi connectivity index (χ3v) is 8.58. The smallest absolute Gasteiger partial charge is 0.271 e. The molecule has 1 aliphatic heterocycles. The van der Waals surface area contributed by atoms with Crippen LogP contribution in [0.1, 0.15) is 42.4 Å². The van der Waals surface area contributed by atoms with Gasteiger partial charge >= 0.3 is 0 Å². The average Bonchev–Trinajstić information content (AvgIpc) is 3.41. The van der Waals surface area contributed by atoms with Crippen molar-refractivity contribution >= 4 is 34.0 Å². The van der Waals surface area contributed by atoms with Crippen LogP contribution in [-0.4, -0.2) is 22.0 Å². The Morgan fingerprint density at radius 3 is 2.45 bits per heavy atom. The molecule has 0 bridgehead atoms. The van der Waals surface area contributed by atoms with Crippen molar-refractivity contribution in [2.24, 2.45) is 4.99 Å². The van der Waals surface area contributed by atoms with Crippen LogP contribution in [0.2, 0.25) is 0 Å². The highest BCUT2D eigenvalue weighted by Gasteiger charge is 2.33. The van der Waals surface area contributed by atoms with Crippen molar-refractivity contribution in [3.8, 4) is 11.4 Å². The van der Waals surface area contributed by atoms with E-state index >= 15 is 0 Å². The number of aryl methyl sites for hydroxylation is 1. The van der Waals surface area contributed by atoms with Crippen molar-refractivity contribution < 1.29 is 9.53 Å². The van der Waals surface area contributed by atoms with Gasteiger partial charge in [0.2, 0.25) is 0 Å². The highest BCUT2D eigenvalue weighted by Crippen LogP contribution is 2.40. The Bertz CT molecular complexity index is 2030. The quantitative estimate of drug-likeness (QED) is 0.296. The lowest BCUT2D eigenvalue weighted by molar-refractivity contribution is -0.114. The van der Waals surface area contributed by atoms with E-state index in [4.69, 9.17) is 9.73 Å². The molecule has 3 aromatic carbocycles. The van der Waals surface area contributed by atoms with Crippen LogP contribution in [0.4, 0.5) is 0 Å². The standard InChI is InChI=1S/C33H29N3O3S/c1-19-17-24(21(3)35(19)25-12-7-6-8-13-25)18-28-32(38)36-31(29(22(4)37)20(2)34-33(36)40-28)30-26-14-10-9-11-23(26)15-16-27(30)39-5/h6-18,31H,1-5H3/b28-18+/t31-/m0/s1. The summed E-state index contributed by atoms with van der Waals surface area (Å²) in [5.41, 5.74) is 5.88. The summed E-state index contributed by atoms with van der Waals surface area (Å²) in [6.45, 7) is 7.50. The second-order valence-corrected chi connectivity index (χ2v) is 11.0. The molecular weight excluding hydrogens is 518 g/mol. The van der Waals surface area contributed by atoms with Gasteiger partial charge in [0, 0.05) is 33.9 Å². The predicted octanol–water partition coefficient (Wildman–Crippen LogP) is 5.39. The monoisotopic (exact) mass is 547 g/mol. The Balaban J connectivity index is 1.62. The topological polar surface area (TPSA) is 65.6 Å². The summed E-state index contributed by atoms with van der Waals surface area (Å²) in [5.74, 6) is 0.500. The number of Topliss-reactive ketones (excluding diaryl/α,β-unsaturated/α-hetero) is 1. The number of allylic oxidation sites excluding steroid dienone is 2. The first-order valence-corrected chi connectivity index (χ1v) is 13.9. The first-order valence-electron chi connectivity index (χ1n) is 13.1. The first kappa shape index (κ1) is 25.8. The third kappa shape index (κ3) is 4.05. The van der Waals surface area contributed by atoms with E-state index < -0.39 is 6.04 Å². The van der Waals surface area contributed by atoms with E-state index in [1.54, 1.807) is 11.7 Å². The predicted molar refractivity (Wildman–Crippen MR) is 160 cm³/mol. The maximum atomic E-state index is 14.2. The molecule has 0 saturated carbocycles. The lowest BCUT2D eigenvalue weighted by atomic mass is 9.89. The second-order valence-electron chi connectivity index (χ2n) is 10.0. The summed E-state index contributed by atoms with van der Waals surface area (Å²) in [6.07, 6.45) is 1.94. The molecule has 5 aromatic rings. The summed E-state index contributed by atoms with van der Waals surface area (Å²) in [5, 5.41) is 1.94. The van der Waals surface area contributed by atoms with Crippen molar-refractivity contribution in [1.82, 2.24) is 9.13 Å². The summed E-state index contributed by atoms with van der Waals surface area (Å²) < 4.78 is 10.2. The van der Waals surface area contributed by atoms with Crippen molar-refractivity contribution in [2.45, 2.75) is 33.7 Å². The molecule has 2 aromatic heterocycles. The number of rotatable bonds is 5. The van der Waals surface area contributed by atoms with Gasteiger partial charge in [0.25, 0.3) is 5.56 Å². The Kier molecular flexibility index (Phi) is 6.39. The molecule has 200 valence electrons. The highest BCUT2D eigenvalue weighted by molar-refractivity contribution is 7.07. The minimum atomic E-state index is -0.659. The molecule has 3 heterocycles. The molecule has 0 aliphatic carbocycles. The van der Waals surface area contributed by atoms with Gasteiger partial charge in [-0.25, -0.2) is 4.99 Å². The zero-order valence-electron chi connectivity index (χ0n) is 23.1. The van der Waals surface area contributed by atoms with Gasteiger partial charge in [-0.2, -0.15) is 0 Å². The highest BCUT2D eigenvalue weighted by atomic mass is 32.1. The molecule has 0 radical (unpaired) electrons. The number of fused-ring (bicyclic) bond motifs is 2. The molecule has 1 atom stereocenters. The van der Waals surface area contributed by atoms with E-state index in [-0.39, 0.29) is 11.3 Å². The molecule has 1 aliphatic rings. The van der Waals surface area contributed by atoms with Gasteiger partial charge in [0.05, 0.1) is 17.7 Å². The lowest BCUT2D eigenvalue weighted by Gasteiger charge is -2.27. The molecule has 0 amide bonds. The van der Waals surface area contributed by atoms with E-state index in [1.165, 1.54) is 18.3 Å². The maximum Gasteiger partial charge on any atom is 0.271 e. The van der Waals surface area contributed by atoms with E-state index in [2.05, 4.69) is 36.6 Å². The zero-order valence-corrected chi connectivity index (χ0v) is 23.9. The van der Waals surface area contributed by atoms with Crippen LogP contribution < -0.4 is 19.6 Å². The number of ether oxygens (including phenoxy) is 1. The lowest BCUT2D eigenvalue weighted by Crippen LogP contribution is -2.39. The fourth-order valence-electron chi connectivity index (χ4n) is 5.83. The Morgan fingerprint density at radius 2 is 1.73 bits per heavy atom. The first-order chi connectivity index (χ1) is 19.3. The largest absolute Gasteiger partial charge is 0.496 e. The van der Waals surface area contributed by atoms with Crippen LogP contribution in [0.5, 0.6) is 5.75 Å². The van der Waals surface area contributed by atoms with Gasteiger partial charge < -0.3 is 9.30 Å². The molecule has 0 spiro atoms. The van der Waals surface area contributed by atoms with Crippen molar-refractivity contribution in [2.75, 3.05) is 7.11 Å². The molecule has 7 heteroatoms. The van der Waals surface area contributed by atoms with E-state index in [0.29, 0.717) is 26.4 Å². The van der Waals surface area contributed by atoms with Crippen LogP contribution >= 0.6 is 11.3 Å². The van der Waals surface area contributed by atoms with Crippen LogP contribution in [0, 0.1) is 13.8 Å². The molecule has 0 unspecified atom stereocenters. The van der Waals surface area contributed by atoms with Crippen LogP contribution in [0.25, 0.3) is 22.5 Å². The second kappa shape index (κ2) is 9.92. The Morgan fingerprint density at radius 1 is 1.00 bits per heavy atom. The number of hydrogen-bond donors (Lipinski definition) is 0. The summed E-state index contributed by atoms with van der Waals surface area (Å²) >= 11 is 1.34. The number of para-hydroxylation sites is 1. The number of carbonyl (C=O) groups excluding carboxylic acids is 1. The van der Waals surface area contributed by atoms with Gasteiger partial charge in [-0.15, -0.1) is 0 Å². The van der Waals surface area contributed by atoms with Crippen molar-refractivity contribution in [1.29, 1.82) is 0 Å². The van der Waals surface area contributed by atoms with Gasteiger partial charge in [-0.1, -0.05) is 59.9 Å². The Labute approximate surface area is 235 Å². The van der Waals surface area contributed by atoms with E-state index in [0.717, 1.165) is 39.0 Å². The average molecular weight is 548 g/mol. The molecular formula is C33H29N3O3S. The SMILES string of the molecule is COc1ccc2ccccc2c1[C@@H]1C(C(C)=O)=C(C)N=c2s/c(=C/c3cc(C)n(-c4ccccc4)c3C)c(=O)n21. The number of nitrogens with zero attached hydrogens (tertiary/aromatic N) is 3. The third-order valence-electron chi connectivity index (χ3n) is 7.60. The molecule has 0 N–H and O–H groups in total. The summed E-state index contributed by atoms with van der Waals surface area (Å²) in [6, 6.07) is 23.5. The molecule has 40 heavy (non-hydrogen) atoms. The van der Waals surface area contributed by atoms with Gasteiger partial charge in [0.15, 0.2) is 10.6 Å². The number of hydrogen-bond acceptors (Lipinski definition) is 5. The zero-order chi connectivity index (χ0) is 28.1. The number of aromatic nitrogens is 2. The summed E-state index contributed by atoms with van der Waals surface area (Å²) in [4.78, 5) is 32.6. The Hall–Kier alpha value is -4.49. The van der Waals surface area contributed by atoms with Crippen molar-refractivity contribution in [3.63, 3.8) is 0 Å². The number of benzene rings is 3. The maximum absolute atomic E-state index is 14.2. The van der Waals surface area contributed by atoms with Gasteiger partial charge in [0.1, 0.15) is 5.75 Å².